The summed E-state index contributed by atoms with van der Waals surface area (Å²) in [6.07, 6.45) is 1.00. The second kappa shape index (κ2) is 9.33. The third kappa shape index (κ3) is 5.68. The van der Waals surface area contributed by atoms with Crippen molar-refractivity contribution in [1.29, 1.82) is 0 Å². The highest BCUT2D eigenvalue weighted by Gasteiger charge is 2.09. The summed E-state index contributed by atoms with van der Waals surface area (Å²) in [6.45, 7) is 6.95. The largest absolute Gasteiger partial charge is 0.490 e. The molecule has 25 heavy (non-hydrogen) atoms. The van der Waals surface area contributed by atoms with Gasteiger partial charge in [-0.2, -0.15) is 0 Å². The molecule has 134 valence electrons. The van der Waals surface area contributed by atoms with E-state index < -0.39 is 0 Å². The molecule has 0 aromatic heterocycles. The SMILES string of the molecule is CCOc1ccc(CCC(=O)Nc2ccc(C)c(Cl)c2)cc1OCC. The summed E-state index contributed by atoms with van der Waals surface area (Å²) in [5.74, 6) is 1.39. The Morgan fingerprint density at radius 3 is 2.44 bits per heavy atom. The van der Waals surface area contributed by atoms with Crippen molar-refractivity contribution in [1.82, 2.24) is 0 Å². The monoisotopic (exact) mass is 361 g/mol. The molecule has 0 aliphatic rings. The van der Waals surface area contributed by atoms with Crippen LogP contribution in [0.4, 0.5) is 5.69 Å². The zero-order chi connectivity index (χ0) is 18.2. The van der Waals surface area contributed by atoms with Crippen LogP contribution in [0.15, 0.2) is 36.4 Å². The molecule has 2 aromatic rings. The van der Waals surface area contributed by atoms with Crippen molar-refractivity contribution < 1.29 is 14.3 Å². The molecule has 2 rings (SSSR count). The standard InChI is InChI=1S/C20H24ClNO3/c1-4-24-18-10-7-15(12-19(18)25-5-2)8-11-20(23)22-16-9-6-14(3)17(21)13-16/h6-7,9-10,12-13H,4-5,8,11H2,1-3H3,(H,22,23). The van der Waals surface area contributed by atoms with Gasteiger partial charge in [0.15, 0.2) is 11.5 Å². The van der Waals surface area contributed by atoms with Crippen molar-refractivity contribution in [2.45, 2.75) is 33.6 Å². The third-order valence-electron chi connectivity index (χ3n) is 3.70. The number of carbonyl (C=O) groups excluding carboxylic acids is 1. The molecule has 0 saturated heterocycles. The molecule has 1 amide bonds. The maximum Gasteiger partial charge on any atom is 0.224 e. The molecule has 0 aliphatic heterocycles. The normalized spacial score (nSPS) is 10.4. The van der Waals surface area contributed by atoms with Crippen molar-refractivity contribution in [2.75, 3.05) is 18.5 Å². The van der Waals surface area contributed by atoms with E-state index in [0.717, 1.165) is 16.9 Å². The van der Waals surface area contributed by atoms with Crippen LogP contribution in [0.3, 0.4) is 0 Å². The fourth-order valence-electron chi connectivity index (χ4n) is 2.40. The molecule has 0 saturated carbocycles. The third-order valence-corrected chi connectivity index (χ3v) is 4.11. The Labute approximate surface area is 154 Å². The zero-order valence-corrected chi connectivity index (χ0v) is 15.7. The van der Waals surface area contributed by atoms with Crippen LogP contribution < -0.4 is 14.8 Å². The van der Waals surface area contributed by atoms with E-state index in [2.05, 4.69) is 5.32 Å². The predicted molar refractivity (Wildman–Crippen MR) is 102 cm³/mol. The number of halogens is 1. The molecule has 0 heterocycles. The van der Waals surface area contributed by atoms with Crippen molar-refractivity contribution in [3.63, 3.8) is 0 Å². The fourth-order valence-corrected chi connectivity index (χ4v) is 2.58. The highest BCUT2D eigenvalue weighted by atomic mass is 35.5. The summed E-state index contributed by atoms with van der Waals surface area (Å²) in [5, 5.41) is 3.52. The lowest BCUT2D eigenvalue weighted by Crippen LogP contribution is -2.12. The van der Waals surface area contributed by atoms with E-state index in [-0.39, 0.29) is 5.91 Å². The van der Waals surface area contributed by atoms with Gasteiger partial charge in [0.25, 0.3) is 0 Å². The van der Waals surface area contributed by atoms with Crippen molar-refractivity contribution in [3.05, 3.63) is 52.5 Å². The minimum absolute atomic E-state index is 0.0493. The van der Waals surface area contributed by atoms with Gasteiger partial charge in [-0.25, -0.2) is 0 Å². The first kappa shape index (κ1) is 19.1. The zero-order valence-electron chi connectivity index (χ0n) is 14.9. The van der Waals surface area contributed by atoms with Gasteiger partial charge < -0.3 is 14.8 Å². The van der Waals surface area contributed by atoms with Gasteiger partial charge in [0.05, 0.1) is 13.2 Å². The first-order valence-corrected chi connectivity index (χ1v) is 8.85. The van der Waals surface area contributed by atoms with E-state index in [1.165, 1.54) is 0 Å². The highest BCUT2D eigenvalue weighted by molar-refractivity contribution is 6.31. The number of benzene rings is 2. The first-order valence-electron chi connectivity index (χ1n) is 8.48. The van der Waals surface area contributed by atoms with Crippen LogP contribution in [0.25, 0.3) is 0 Å². The maximum atomic E-state index is 12.2. The van der Waals surface area contributed by atoms with Gasteiger partial charge in [0.2, 0.25) is 5.91 Å². The molecule has 5 heteroatoms. The Morgan fingerprint density at radius 2 is 1.76 bits per heavy atom. The molecule has 0 bridgehead atoms. The summed E-state index contributed by atoms with van der Waals surface area (Å²) in [7, 11) is 0. The molecule has 0 unspecified atom stereocenters. The lowest BCUT2D eigenvalue weighted by Gasteiger charge is -2.12. The fraction of sp³-hybridized carbons (Fsp3) is 0.350. The van der Waals surface area contributed by atoms with E-state index in [9.17, 15) is 4.79 Å². The van der Waals surface area contributed by atoms with E-state index >= 15 is 0 Å². The molecular formula is C20H24ClNO3. The smallest absolute Gasteiger partial charge is 0.224 e. The van der Waals surface area contributed by atoms with Gasteiger partial charge in [-0.15, -0.1) is 0 Å². The van der Waals surface area contributed by atoms with Gasteiger partial charge in [0, 0.05) is 17.1 Å². The number of hydrogen-bond acceptors (Lipinski definition) is 3. The van der Waals surface area contributed by atoms with E-state index in [1.807, 2.05) is 51.1 Å². The number of hydrogen-bond donors (Lipinski definition) is 1. The summed E-state index contributed by atoms with van der Waals surface area (Å²) in [4.78, 5) is 12.2. The predicted octanol–water partition coefficient (Wildman–Crippen LogP) is 5.02. The lowest BCUT2D eigenvalue weighted by atomic mass is 10.1. The number of nitrogens with one attached hydrogen (secondary N) is 1. The average molecular weight is 362 g/mol. The van der Waals surface area contributed by atoms with Gasteiger partial charge in [-0.1, -0.05) is 23.7 Å². The Morgan fingerprint density at radius 1 is 1.04 bits per heavy atom. The van der Waals surface area contributed by atoms with Crippen LogP contribution in [-0.4, -0.2) is 19.1 Å². The van der Waals surface area contributed by atoms with E-state index in [0.29, 0.717) is 42.5 Å². The van der Waals surface area contributed by atoms with Crippen LogP contribution in [0.5, 0.6) is 11.5 Å². The highest BCUT2D eigenvalue weighted by Crippen LogP contribution is 2.29. The first-order chi connectivity index (χ1) is 12.0. The molecule has 4 nitrogen and oxygen atoms in total. The average Bonchev–Trinajstić information content (AvgIpc) is 2.59. The number of carbonyl (C=O) groups is 1. The van der Waals surface area contributed by atoms with Crippen LogP contribution >= 0.6 is 11.6 Å². The van der Waals surface area contributed by atoms with Crippen molar-refractivity contribution >= 4 is 23.2 Å². The number of aryl methyl sites for hydroxylation is 2. The number of anilines is 1. The van der Waals surface area contributed by atoms with Gasteiger partial charge in [0.1, 0.15) is 0 Å². The maximum absolute atomic E-state index is 12.2. The molecular weight excluding hydrogens is 338 g/mol. The molecule has 0 spiro atoms. The molecule has 0 atom stereocenters. The van der Waals surface area contributed by atoms with Crippen LogP contribution in [0.2, 0.25) is 5.02 Å². The Kier molecular flexibility index (Phi) is 7.14. The van der Waals surface area contributed by atoms with Crippen LogP contribution in [0, 0.1) is 6.92 Å². The Hall–Kier alpha value is -2.20. The topological polar surface area (TPSA) is 47.6 Å². The van der Waals surface area contributed by atoms with E-state index in [4.69, 9.17) is 21.1 Å². The number of amides is 1. The number of ether oxygens (including phenoxy) is 2. The second-order valence-corrected chi connectivity index (χ2v) is 6.07. The van der Waals surface area contributed by atoms with Gasteiger partial charge >= 0.3 is 0 Å². The van der Waals surface area contributed by atoms with Gasteiger partial charge in [-0.3, -0.25) is 4.79 Å². The lowest BCUT2D eigenvalue weighted by molar-refractivity contribution is -0.116. The Balaban J connectivity index is 1.96. The van der Waals surface area contributed by atoms with Crippen LogP contribution in [-0.2, 0) is 11.2 Å². The minimum atomic E-state index is -0.0493. The molecule has 0 fully saturated rings. The number of rotatable bonds is 8. The van der Waals surface area contributed by atoms with Crippen molar-refractivity contribution in [3.8, 4) is 11.5 Å². The quantitative estimate of drug-likeness (QED) is 0.718. The summed E-state index contributed by atoms with van der Waals surface area (Å²) in [5.41, 5.74) is 2.73. The molecule has 2 aromatic carbocycles. The van der Waals surface area contributed by atoms with Crippen molar-refractivity contribution in [2.24, 2.45) is 0 Å². The molecule has 1 N–H and O–H groups in total. The van der Waals surface area contributed by atoms with Gasteiger partial charge in [-0.05, 0) is 62.6 Å². The van der Waals surface area contributed by atoms with Crippen LogP contribution in [0.1, 0.15) is 31.4 Å². The summed E-state index contributed by atoms with van der Waals surface area (Å²) in [6, 6.07) is 11.3. The van der Waals surface area contributed by atoms with E-state index in [1.54, 1.807) is 6.07 Å². The Bertz CT molecular complexity index is 731. The molecule has 0 radical (unpaired) electrons. The summed E-state index contributed by atoms with van der Waals surface area (Å²) >= 11 is 6.08. The minimum Gasteiger partial charge on any atom is -0.490 e. The summed E-state index contributed by atoms with van der Waals surface area (Å²) < 4.78 is 11.2. The molecule has 0 aliphatic carbocycles. The second-order valence-electron chi connectivity index (χ2n) is 5.66.